The molecule has 3 atom stereocenters. The molecule has 28 heavy (non-hydrogen) atoms. The minimum Gasteiger partial charge on any atom is -0.394 e. The molecular formula is C20H27N3O5. The van der Waals surface area contributed by atoms with Crippen molar-refractivity contribution in [1.29, 1.82) is 0 Å². The van der Waals surface area contributed by atoms with E-state index in [1.807, 2.05) is 18.2 Å². The number of hydrogen-bond donors (Lipinski definition) is 3. The Hall–Kier alpha value is -2.29. The topological polar surface area (TPSA) is 110 Å². The van der Waals surface area contributed by atoms with Crippen LogP contribution in [0.4, 0.5) is 0 Å². The molecule has 8 nitrogen and oxygen atoms in total. The Kier molecular flexibility index (Phi) is 7.53. The summed E-state index contributed by atoms with van der Waals surface area (Å²) >= 11 is 0. The number of aliphatic hydroxyl groups excluding tert-OH is 1. The molecule has 8 heteroatoms. The zero-order chi connectivity index (χ0) is 19.8. The fraction of sp³-hybridized carbons (Fsp3) is 0.550. The van der Waals surface area contributed by atoms with E-state index in [4.69, 9.17) is 9.47 Å². The molecule has 0 saturated carbocycles. The zero-order valence-electron chi connectivity index (χ0n) is 15.8. The Balaban J connectivity index is 1.48. The lowest BCUT2D eigenvalue weighted by atomic mass is 9.97. The maximum atomic E-state index is 12.4. The molecule has 0 aliphatic carbocycles. The first-order valence-corrected chi connectivity index (χ1v) is 9.64. The fourth-order valence-electron chi connectivity index (χ4n) is 3.33. The van der Waals surface area contributed by atoms with Gasteiger partial charge in [0.05, 0.1) is 25.2 Å². The lowest BCUT2D eigenvalue weighted by Gasteiger charge is -2.33. The molecule has 3 heterocycles. The van der Waals surface area contributed by atoms with Crippen LogP contribution in [-0.2, 0) is 25.6 Å². The van der Waals surface area contributed by atoms with E-state index in [-0.39, 0.29) is 30.8 Å². The third-order valence-corrected chi connectivity index (χ3v) is 4.99. The lowest BCUT2D eigenvalue weighted by molar-refractivity contribution is -0.132. The van der Waals surface area contributed by atoms with Crippen LogP contribution < -0.4 is 10.6 Å². The summed E-state index contributed by atoms with van der Waals surface area (Å²) < 4.78 is 11.1. The predicted octanol–water partition coefficient (Wildman–Crippen LogP) is 0.315. The third-order valence-electron chi connectivity index (χ3n) is 4.99. The van der Waals surface area contributed by atoms with Crippen molar-refractivity contribution in [3.8, 4) is 0 Å². The Morgan fingerprint density at radius 1 is 1.18 bits per heavy atom. The molecule has 3 rings (SSSR count). The second kappa shape index (κ2) is 10.3. The van der Waals surface area contributed by atoms with Crippen molar-refractivity contribution in [2.24, 2.45) is 5.92 Å². The van der Waals surface area contributed by atoms with Crippen LogP contribution >= 0.6 is 0 Å². The van der Waals surface area contributed by atoms with E-state index < -0.39 is 18.2 Å². The van der Waals surface area contributed by atoms with E-state index in [0.717, 1.165) is 5.56 Å². The average Bonchev–Trinajstić information content (AvgIpc) is 2.74. The zero-order valence-corrected chi connectivity index (χ0v) is 15.8. The standard InChI is InChI=1S/C20H27N3O5/c24-13-18-17(23-20(26)15-5-9-27-10-6-15)2-1-16(28-18)11-19(25)22-12-14-3-7-21-8-4-14/h1-4,7-8,15-18,24H,5-6,9-13H2,(H,22,25)(H,23,26)/t16-,17+,18-/m1/s1. The fourth-order valence-corrected chi connectivity index (χ4v) is 3.33. The van der Waals surface area contributed by atoms with Crippen LogP contribution in [0.1, 0.15) is 24.8 Å². The molecule has 1 saturated heterocycles. The van der Waals surface area contributed by atoms with Gasteiger partial charge in [-0.1, -0.05) is 12.2 Å². The van der Waals surface area contributed by atoms with Gasteiger partial charge < -0.3 is 25.2 Å². The predicted molar refractivity (Wildman–Crippen MR) is 101 cm³/mol. The van der Waals surface area contributed by atoms with Gasteiger partial charge in [0.2, 0.25) is 11.8 Å². The van der Waals surface area contributed by atoms with Crippen LogP contribution in [0.3, 0.4) is 0 Å². The largest absolute Gasteiger partial charge is 0.394 e. The molecule has 1 fully saturated rings. The molecule has 0 spiro atoms. The van der Waals surface area contributed by atoms with Crippen molar-refractivity contribution < 1.29 is 24.2 Å². The Labute approximate surface area is 164 Å². The Morgan fingerprint density at radius 2 is 1.93 bits per heavy atom. The molecule has 1 aromatic heterocycles. The molecule has 152 valence electrons. The highest BCUT2D eigenvalue weighted by Gasteiger charge is 2.31. The minimum absolute atomic E-state index is 0.0476. The number of aromatic nitrogens is 1. The van der Waals surface area contributed by atoms with Gasteiger partial charge in [-0.15, -0.1) is 0 Å². The smallest absolute Gasteiger partial charge is 0.223 e. The van der Waals surface area contributed by atoms with Crippen molar-refractivity contribution in [3.05, 3.63) is 42.2 Å². The first kappa shape index (κ1) is 20.4. The molecule has 0 bridgehead atoms. The number of nitrogens with zero attached hydrogens (tertiary/aromatic N) is 1. The number of carbonyl (C=O) groups excluding carboxylic acids is 2. The van der Waals surface area contributed by atoms with Crippen LogP contribution in [0.5, 0.6) is 0 Å². The lowest BCUT2D eigenvalue weighted by Crippen LogP contribution is -2.50. The first-order valence-electron chi connectivity index (χ1n) is 9.64. The number of aliphatic hydroxyl groups is 1. The summed E-state index contributed by atoms with van der Waals surface area (Å²) in [4.78, 5) is 28.5. The summed E-state index contributed by atoms with van der Waals surface area (Å²) in [6.45, 7) is 1.37. The molecule has 2 amide bonds. The van der Waals surface area contributed by atoms with E-state index in [0.29, 0.717) is 32.6 Å². The van der Waals surface area contributed by atoms with Crippen LogP contribution in [0.25, 0.3) is 0 Å². The molecule has 1 aromatic rings. The quantitative estimate of drug-likeness (QED) is 0.579. The van der Waals surface area contributed by atoms with E-state index in [9.17, 15) is 14.7 Å². The van der Waals surface area contributed by atoms with E-state index in [1.165, 1.54) is 0 Å². The normalized spacial score (nSPS) is 25.2. The average molecular weight is 389 g/mol. The molecular weight excluding hydrogens is 362 g/mol. The van der Waals surface area contributed by atoms with Gasteiger partial charge in [0.15, 0.2) is 0 Å². The van der Waals surface area contributed by atoms with Gasteiger partial charge in [-0.25, -0.2) is 0 Å². The number of rotatable bonds is 7. The second-order valence-corrected chi connectivity index (χ2v) is 7.04. The van der Waals surface area contributed by atoms with Gasteiger partial charge in [0, 0.05) is 38.1 Å². The maximum Gasteiger partial charge on any atom is 0.223 e. The summed E-state index contributed by atoms with van der Waals surface area (Å²) in [5.41, 5.74) is 0.965. The molecule has 2 aliphatic rings. The summed E-state index contributed by atoms with van der Waals surface area (Å²) in [6, 6.07) is 3.27. The van der Waals surface area contributed by atoms with Gasteiger partial charge >= 0.3 is 0 Å². The highest BCUT2D eigenvalue weighted by atomic mass is 16.5. The highest BCUT2D eigenvalue weighted by molar-refractivity contribution is 5.79. The van der Waals surface area contributed by atoms with E-state index in [2.05, 4.69) is 15.6 Å². The van der Waals surface area contributed by atoms with Crippen molar-refractivity contribution in [2.45, 2.75) is 44.1 Å². The summed E-state index contributed by atoms with van der Waals surface area (Å²) in [5.74, 6) is -0.264. The minimum atomic E-state index is -0.577. The second-order valence-electron chi connectivity index (χ2n) is 7.04. The number of ether oxygens (including phenoxy) is 2. The number of amides is 2. The van der Waals surface area contributed by atoms with Gasteiger partial charge in [0.1, 0.15) is 6.10 Å². The van der Waals surface area contributed by atoms with Gasteiger partial charge in [-0.05, 0) is 30.5 Å². The van der Waals surface area contributed by atoms with Crippen molar-refractivity contribution in [1.82, 2.24) is 15.6 Å². The van der Waals surface area contributed by atoms with Gasteiger partial charge in [-0.3, -0.25) is 14.6 Å². The Bertz CT molecular complexity index is 676. The summed E-state index contributed by atoms with van der Waals surface area (Å²) in [5, 5.41) is 15.4. The number of pyridine rings is 1. The number of hydrogen-bond acceptors (Lipinski definition) is 6. The highest BCUT2D eigenvalue weighted by Crippen LogP contribution is 2.19. The van der Waals surface area contributed by atoms with Crippen LogP contribution in [0, 0.1) is 5.92 Å². The van der Waals surface area contributed by atoms with Crippen molar-refractivity contribution >= 4 is 11.8 Å². The van der Waals surface area contributed by atoms with E-state index >= 15 is 0 Å². The molecule has 0 unspecified atom stereocenters. The molecule has 0 aromatic carbocycles. The monoisotopic (exact) mass is 389 g/mol. The molecule has 3 N–H and O–H groups in total. The first-order chi connectivity index (χ1) is 13.7. The SMILES string of the molecule is O=C(C[C@H]1C=C[C@H](NC(=O)C2CCOCC2)[C@@H](CO)O1)NCc1ccncc1. The summed E-state index contributed by atoms with van der Waals surface area (Å²) in [7, 11) is 0. The number of nitrogens with one attached hydrogen (secondary N) is 2. The van der Waals surface area contributed by atoms with Crippen molar-refractivity contribution in [3.63, 3.8) is 0 Å². The molecule has 2 aliphatic heterocycles. The summed E-state index contributed by atoms with van der Waals surface area (Å²) in [6.07, 6.45) is 7.47. The van der Waals surface area contributed by atoms with E-state index in [1.54, 1.807) is 18.5 Å². The van der Waals surface area contributed by atoms with Gasteiger partial charge in [-0.2, -0.15) is 0 Å². The van der Waals surface area contributed by atoms with Crippen molar-refractivity contribution in [2.75, 3.05) is 19.8 Å². The van der Waals surface area contributed by atoms with Gasteiger partial charge in [0.25, 0.3) is 0 Å². The van der Waals surface area contributed by atoms with Crippen LogP contribution in [0.15, 0.2) is 36.7 Å². The third kappa shape index (κ3) is 5.85. The molecule has 0 radical (unpaired) electrons. The Morgan fingerprint density at radius 3 is 2.64 bits per heavy atom. The number of carbonyl (C=O) groups is 2. The van der Waals surface area contributed by atoms with Crippen LogP contribution in [0.2, 0.25) is 0 Å². The van der Waals surface area contributed by atoms with Crippen LogP contribution in [-0.4, -0.2) is 60.0 Å². The maximum absolute atomic E-state index is 12.4.